The molecule has 0 aliphatic carbocycles. The summed E-state index contributed by atoms with van der Waals surface area (Å²) in [6.07, 6.45) is 1.87. The Morgan fingerprint density at radius 1 is 0.481 bits per heavy atom. The molecule has 5 heterocycles. The molecule has 1 aliphatic rings. The molecule has 0 radical (unpaired) electrons. The Morgan fingerprint density at radius 3 is 1.85 bits per heavy atom. The number of thiophene rings is 2. The summed E-state index contributed by atoms with van der Waals surface area (Å²) in [5.74, 6) is 0.907. The van der Waals surface area contributed by atoms with Crippen LogP contribution >= 0.6 is 22.7 Å². The summed E-state index contributed by atoms with van der Waals surface area (Å²) in [6, 6.07) is 54.7. The van der Waals surface area contributed by atoms with Crippen molar-refractivity contribution >= 4 is 78.4 Å². The van der Waals surface area contributed by atoms with Gasteiger partial charge in [-0.15, -0.1) is 0 Å². The van der Waals surface area contributed by atoms with Gasteiger partial charge in [0.1, 0.15) is 12.5 Å². The molecule has 0 spiro atoms. The summed E-state index contributed by atoms with van der Waals surface area (Å²) < 4.78 is 2.30. The SMILES string of the molecule is c1ccc(N2CN(c3cccc(C(=C(c4ccsc4)c4ccsc4)c4ccc5c6ccccc6n(-c6ccccn6)c5c4)c3)c3ccccc32)cc1. The first-order chi connectivity index (χ1) is 25.8. The fraction of sp³-hybridized carbons (Fsp3) is 0.0217. The Bertz CT molecular complexity index is 2680. The Hall–Kier alpha value is -6.21. The standard InChI is InChI=1S/C46H32N4S2/c1-2-12-36(13-3-1)48-31-49(42-18-7-6-17-41(42)48)37-14-10-11-32(27-37)45(46(34-22-25-51-29-34)35-23-26-52-30-35)33-20-21-39-38-15-4-5-16-40(38)50(43(39)28-33)44-19-8-9-24-47-44/h1-30H,31H2. The highest BCUT2D eigenvalue weighted by atomic mass is 32.1. The topological polar surface area (TPSA) is 24.3 Å². The summed E-state index contributed by atoms with van der Waals surface area (Å²) >= 11 is 3.47. The fourth-order valence-corrected chi connectivity index (χ4v) is 8.97. The molecule has 0 N–H and O–H groups in total. The summed E-state index contributed by atoms with van der Waals surface area (Å²) in [5.41, 5.74) is 14.2. The lowest BCUT2D eigenvalue weighted by Gasteiger charge is -2.23. The number of para-hydroxylation sites is 4. The van der Waals surface area contributed by atoms with E-state index in [9.17, 15) is 0 Å². The van der Waals surface area contributed by atoms with Gasteiger partial charge in [0, 0.05) is 28.3 Å². The van der Waals surface area contributed by atoms with Crippen LogP contribution in [0.4, 0.5) is 22.7 Å². The van der Waals surface area contributed by atoms with E-state index in [1.807, 2.05) is 12.3 Å². The number of aromatic nitrogens is 2. The van der Waals surface area contributed by atoms with Crippen LogP contribution in [0.25, 0.3) is 38.8 Å². The summed E-state index contributed by atoms with van der Waals surface area (Å²) in [4.78, 5) is 9.64. The van der Waals surface area contributed by atoms with Crippen molar-refractivity contribution in [2.24, 2.45) is 0 Å². The van der Waals surface area contributed by atoms with E-state index in [0.717, 1.165) is 34.8 Å². The maximum absolute atomic E-state index is 4.82. The molecule has 4 nitrogen and oxygen atoms in total. The number of fused-ring (bicyclic) bond motifs is 4. The smallest absolute Gasteiger partial charge is 0.137 e. The third kappa shape index (κ3) is 5.15. The molecule has 0 unspecified atom stereocenters. The summed E-state index contributed by atoms with van der Waals surface area (Å²) in [5, 5.41) is 11.3. The van der Waals surface area contributed by atoms with Gasteiger partial charge in [-0.2, -0.15) is 22.7 Å². The molecule has 0 bridgehead atoms. The van der Waals surface area contributed by atoms with Crippen LogP contribution in [-0.4, -0.2) is 16.2 Å². The Kier molecular flexibility index (Phi) is 7.56. The van der Waals surface area contributed by atoms with Crippen LogP contribution in [0.2, 0.25) is 0 Å². The van der Waals surface area contributed by atoms with Crippen LogP contribution in [-0.2, 0) is 0 Å². The Morgan fingerprint density at radius 2 is 1.12 bits per heavy atom. The molecular formula is C46H32N4S2. The molecule has 4 aromatic heterocycles. The van der Waals surface area contributed by atoms with Crippen molar-refractivity contribution in [3.8, 4) is 5.82 Å². The number of rotatable bonds is 7. The molecule has 0 amide bonds. The van der Waals surface area contributed by atoms with E-state index in [-0.39, 0.29) is 0 Å². The average molecular weight is 705 g/mol. The highest BCUT2D eigenvalue weighted by Gasteiger charge is 2.28. The average Bonchev–Trinajstić information content (AvgIpc) is 4.04. The number of hydrogen-bond donors (Lipinski definition) is 0. The van der Waals surface area contributed by atoms with Crippen LogP contribution in [0.3, 0.4) is 0 Å². The number of benzene rings is 5. The first-order valence-corrected chi connectivity index (χ1v) is 19.2. The van der Waals surface area contributed by atoms with E-state index in [4.69, 9.17) is 4.98 Å². The van der Waals surface area contributed by atoms with Crippen LogP contribution in [0.5, 0.6) is 0 Å². The zero-order valence-electron chi connectivity index (χ0n) is 28.1. The minimum absolute atomic E-state index is 0.726. The van der Waals surface area contributed by atoms with Gasteiger partial charge in [0.15, 0.2) is 0 Å². The van der Waals surface area contributed by atoms with Crippen LogP contribution in [0.1, 0.15) is 22.3 Å². The van der Waals surface area contributed by atoms with Gasteiger partial charge in [-0.1, -0.05) is 78.9 Å². The lowest BCUT2D eigenvalue weighted by atomic mass is 9.87. The van der Waals surface area contributed by atoms with Gasteiger partial charge in [0.05, 0.1) is 22.4 Å². The van der Waals surface area contributed by atoms with E-state index in [2.05, 4.69) is 181 Å². The molecular weight excluding hydrogens is 673 g/mol. The van der Waals surface area contributed by atoms with Crippen molar-refractivity contribution in [3.05, 3.63) is 202 Å². The summed E-state index contributed by atoms with van der Waals surface area (Å²) in [7, 11) is 0. The Labute approximate surface area is 310 Å². The largest absolute Gasteiger partial charge is 0.321 e. The number of hydrogen-bond acceptors (Lipinski definition) is 5. The predicted octanol–water partition coefficient (Wildman–Crippen LogP) is 12.6. The van der Waals surface area contributed by atoms with Gasteiger partial charge in [0.25, 0.3) is 0 Å². The second kappa shape index (κ2) is 12.8. The first kappa shape index (κ1) is 30.6. The van der Waals surface area contributed by atoms with Gasteiger partial charge >= 0.3 is 0 Å². The molecule has 10 rings (SSSR count). The van der Waals surface area contributed by atoms with E-state index < -0.39 is 0 Å². The lowest BCUT2D eigenvalue weighted by molar-refractivity contribution is 0.991. The van der Waals surface area contributed by atoms with Crippen molar-refractivity contribution < 1.29 is 0 Å². The molecule has 248 valence electrons. The third-order valence-corrected chi connectivity index (χ3v) is 11.3. The number of nitrogens with zero attached hydrogens (tertiary/aromatic N) is 4. The van der Waals surface area contributed by atoms with E-state index in [0.29, 0.717) is 0 Å². The highest BCUT2D eigenvalue weighted by Crippen LogP contribution is 2.46. The van der Waals surface area contributed by atoms with Gasteiger partial charge in [-0.3, -0.25) is 4.57 Å². The maximum atomic E-state index is 4.82. The fourth-order valence-electron chi connectivity index (χ4n) is 7.68. The molecule has 52 heavy (non-hydrogen) atoms. The van der Waals surface area contributed by atoms with Crippen molar-refractivity contribution in [1.29, 1.82) is 0 Å². The quantitative estimate of drug-likeness (QED) is 0.165. The first-order valence-electron chi connectivity index (χ1n) is 17.4. The molecule has 6 heteroatoms. The number of pyridine rings is 1. The van der Waals surface area contributed by atoms with Gasteiger partial charge in [-0.05, 0) is 128 Å². The van der Waals surface area contributed by atoms with Gasteiger partial charge in [-0.25, -0.2) is 4.98 Å². The monoisotopic (exact) mass is 704 g/mol. The Balaban J connectivity index is 1.21. The second-order valence-electron chi connectivity index (χ2n) is 12.9. The zero-order valence-corrected chi connectivity index (χ0v) is 29.8. The molecule has 9 aromatic rings. The van der Waals surface area contributed by atoms with Crippen LogP contribution in [0.15, 0.2) is 179 Å². The molecule has 0 saturated heterocycles. The molecule has 5 aromatic carbocycles. The van der Waals surface area contributed by atoms with Crippen molar-refractivity contribution in [1.82, 2.24) is 9.55 Å². The zero-order chi connectivity index (χ0) is 34.4. The molecule has 0 fully saturated rings. The van der Waals surface area contributed by atoms with Crippen molar-refractivity contribution in [2.75, 3.05) is 16.5 Å². The highest BCUT2D eigenvalue weighted by molar-refractivity contribution is 7.08. The molecule has 1 aliphatic heterocycles. The minimum atomic E-state index is 0.726. The van der Waals surface area contributed by atoms with Crippen molar-refractivity contribution in [3.63, 3.8) is 0 Å². The van der Waals surface area contributed by atoms with Crippen LogP contribution in [0, 0.1) is 0 Å². The maximum Gasteiger partial charge on any atom is 0.137 e. The second-order valence-corrected chi connectivity index (χ2v) is 14.5. The lowest BCUT2D eigenvalue weighted by Crippen LogP contribution is -2.23. The normalized spacial score (nSPS) is 12.5. The van der Waals surface area contributed by atoms with Crippen LogP contribution < -0.4 is 9.80 Å². The van der Waals surface area contributed by atoms with E-state index in [1.54, 1.807) is 22.7 Å². The third-order valence-electron chi connectivity index (χ3n) is 9.97. The van der Waals surface area contributed by atoms with Gasteiger partial charge in [0.2, 0.25) is 0 Å². The number of anilines is 4. The minimum Gasteiger partial charge on any atom is -0.321 e. The summed E-state index contributed by atoms with van der Waals surface area (Å²) in [6.45, 7) is 0.726. The van der Waals surface area contributed by atoms with E-state index in [1.165, 1.54) is 55.7 Å². The van der Waals surface area contributed by atoms with E-state index >= 15 is 0 Å². The molecule has 0 saturated carbocycles. The van der Waals surface area contributed by atoms with Crippen molar-refractivity contribution in [2.45, 2.75) is 0 Å². The van der Waals surface area contributed by atoms with Gasteiger partial charge < -0.3 is 9.80 Å². The predicted molar refractivity (Wildman–Crippen MR) is 221 cm³/mol. The molecule has 0 atom stereocenters.